The number of Topliss-reactive ketones (excluding diaryl/α,β-unsaturated/α-hetero) is 1. The van der Waals surface area contributed by atoms with Gasteiger partial charge in [0.15, 0.2) is 5.78 Å². The number of rotatable bonds is 6. The highest BCUT2D eigenvalue weighted by atomic mass is 16.5. The smallest absolute Gasteiger partial charge is 0.253 e. The molecule has 0 unspecified atom stereocenters. The van der Waals surface area contributed by atoms with Gasteiger partial charge in [-0.2, -0.15) is 10.2 Å². The number of ether oxygens (including phenoxy) is 1. The number of hydrogen-bond acceptors (Lipinski definition) is 5. The van der Waals surface area contributed by atoms with Gasteiger partial charge in [-0.25, -0.2) is 0 Å². The molecule has 1 fully saturated rings. The lowest BCUT2D eigenvalue weighted by Gasteiger charge is -2.31. The van der Waals surface area contributed by atoms with Gasteiger partial charge < -0.3 is 9.64 Å². The predicted octanol–water partition coefficient (Wildman–Crippen LogP) is 3.03. The fourth-order valence-corrected chi connectivity index (χ4v) is 4.38. The Morgan fingerprint density at radius 3 is 2.47 bits per heavy atom. The van der Waals surface area contributed by atoms with E-state index in [4.69, 9.17) is 4.74 Å². The van der Waals surface area contributed by atoms with Gasteiger partial charge in [0.25, 0.3) is 5.91 Å². The van der Waals surface area contributed by atoms with Crippen molar-refractivity contribution in [1.29, 1.82) is 0 Å². The molecule has 1 aliphatic rings. The van der Waals surface area contributed by atoms with Crippen LogP contribution in [0.1, 0.15) is 50.6 Å². The van der Waals surface area contributed by atoms with Crippen LogP contribution < -0.4 is 4.74 Å². The van der Waals surface area contributed by atoms with Crippen molar-refractivity contribution < 1.29 is 14.3 Å². The summed E-state index contributed by atoms with van der Waals surface area (Å²) in [5, 5.41) is 8.61. The summed E-state index contributed by atoms with van der Waals surface area (Å²) in [4.78, 5) is 27.8. The lowest BCUT2D eigenvalue weighted by Crippen LogP contribution is -2.40. The van der Waals surface area contributed by atoms with Crippen molar-refractivity contribution in [2.24, 2.45) is 13.0 Å². The second-order valence-corrected chi connectivity index (χ2v) is 8.38. The molecule has 32 heavy (non-hydrogen) atoms. The molecule has 1 aliphatic heterocycles. The average molecular weight is 436 g/mol. The molecule has 168 valence electrons. The van der Waals surface area contributed by atoms with Crippen molar-refractivity contribution in [2.45, 2.75) is 33.2 Å². The van der Waals surface area contributed by atoms with Gasteiger partial charge in [0.2, 0.25) is 0 Å². The van der Waals surface area contributed by atoms with Crippen molar-refractivity contribution in [3.8, 4) is 5.75 Å². The molecule has 0 radical (unpaired) electrons. The minimum Gasteiger partial charge on any atom is -0.496 e. The van der Waals surface area contributed by atoms with Crippen LogP contribution in [0.25, 0.3) is 0 Å². The zero-order chi connectivity index (χ0) is 22.8. The first-order valence-corrected chi connectivity index (χ1v) is 10.9. The van der Waals surface area contributed by atoms with E-state index in [9.17, 15) is 9.59 Å². The lowest BCUT2D eigenvalue weighted by molar-refractivity contribution is 0.0647. The normalized spacial score (nSPS) is 14.6. The van der Waals surface area contributed by atoms with E-state index in [1.54, 1.807) is 37.2 Å². The Hall–Kier alpha value is -3.42. The molecule has 8 heteroatoms. The molecule has 3 heterocycles. The van der Waals surface area contributed by atoms with Crippen molar-refractivity contribution in [3.63, 3.8) is 0 Å². The van der Waals surface area contributed by atoms with Gasteiger partial charge in [-0.05, 0) is 57.0 Å². The van der Waals surface area contributed by atoms with Crippen LogP contribution >= 0.6 is 0 Å². The second-order valence-electron chi connectivity index (χ2n) is 8.38. The largest absolute Gasteiger partial charge is 0.496 e. The summed E-state index contributed by atoms with van der Waals surface area (Å²) in [6, 6.07) is 9.32. The van der Waals surface area contributed by atoms with E-state index in [1.165, 1.54) is 0 Å². The van der Waals surface area contributed by atoms with Gasteiger partial charge in [-0.1, -0.05) is 0 Å². The highest BCUT2D eigenvalue weighted by Crippen LogP contribution is 2.26. The number of aryl methyl sites for hydroxylation is 3. The quantitative estimate of drug-likeness (QED) is 0.556. The number of carbonyl (C=O) groups is 2. The Kier molecular flexibility index (Phi) is 6.12. The standard InChI is InChI=1S/C24H29N5O3/c1-16-13-17(2)29(26-16)15-20-14-19(5-6-22(20)32-4)24(31)28-11-8-18(9-12-28)23(30)21-7-10-25-27(21)3/h5-7,10,13-14,18H,8-9,11-12,15H2,1-4H3. The van der Waals surface area contributed by atoms with Crippen LogP contribution in [-0.4, -0.2) is 56.4 Å². The minimum atomic E-state index is -0.0769. The number of carbonyl (C=O) groups excluding carboxylic acids is 2. The van der Waals surface area contributed by atoms with Gasteiger partial charge in [0.05, 0.1) is 19.3 Å². The topological polar surface area (TPSA) is 82.3 Å². The highest BCUT2D eigenvalue weighted by Gasteiger charge is 2.29. The van der Waals surface area contributed by atoms with E-state index in [2.05, 4.69) is 10.2 Å². The Balaban J connectivity index is 1.46. The summed E-state index contributed by atoms with van der Waals surface area (Å²) >= 11 is 0. The SMILES string of the molecule is COc1ccc(C(=O)N2CCC(C(=O)c3ccnn3C)CC2)cc1Cn1nc(C)cc1C. The van der Waals surface area contributed by atoms with E-state index in [1.807, 2.05) is 41.6 Å². The Morgan fingerprint density at radius 1 is 1.12 bits per heavy atom. The molecule has 0 spiro atoms. The van der Waals surface area contributed by atoms with Crippen LogP contribution in [0.2, 0.25) is 0 Å². The summed E-state index contributed by atoms with van der Waals surface area (Å²) in [5.74, 6) is 0.740. The molecule has 3 aromatic rings. The first-order chi connectivity index (χ1) is 15.4. The monoisotopic (exact) mass is 435 g/mol. The molecular weight excluding hydrogens is 406 g/mol. The maximum atomic E-state index is 13.2. The number of hydrogen-bond donors (Lipinski definition) is 0. The van der Waals surface area contributed by atoms with Crippen molar-refractivity contribution in [3.05, 3.63) is 64.7 Å². The molecular formula is C24H29N5O3. The molecule has 1 aromatic carbocycles. The molecule has 0 saturated carbocycles. The molecule has 0 N–H and O–H groups in total. The third-order valence-electron chi connectivity index (χ3n) is 6.18. The van der Waals surface area contributed by atoms with Gasteiger partial charge >= 0.3 is 0 Å². The molecule has 0 atom stereocenters. The van der Waals surface area contributed by atoms with E-state index < -0.39 is 0 Å². The molecule has 2 aromatic heterocycles. The first kappa shape index (κ1) is 21.8. The summed E-state index contributed by atoms with van der Waals surface area (Å²) in [6.45, 7) is 5.63. The third-order valence-corrected chi connectivity index (χ3v) is 6.18. The van der Waals surface area contributed by atoms with Crippen LogP contribution in [-0.2, 0) is 13.6 Å². The summed E-state index contributed by atoms with van der Waals surface area (Å²) in [7, 11) is 3.41. The first-order valence-electron chi connectivity index (χ1n) is 10.9. The molecule has 4 rings (SSSR count). The number of nitrogens with zero attached hydrogens (tertiary/aromatic N) is 5. The van der Waals surface area contributed by atoms with Crippen LogP contribution in [0.4, 0.5) is 0 Å². The fraction of sp³-hybridized carbons (Fsp3) is 0.417. The Bertz CT molecular complexity index is 1140. The third kappa shape index (κ3) is 4.30. The number of benzene rings is 1. The molecule has 0 bridgehead atoms. The fourth-order valence-electron chi connectivity index (χ4n) is 4.38. The van der Waals surface area contributed by atoms with Crippen molar-refractivity contribution >= 4 is 11.7 Å². The zero-order valence-corrected chi connectivity index (χ0v) is 19.0. The maximum absolute atomic E-state index is 13.2. The summed E-state index contributed by atoms with van der Waals surface area (Å²) in [6.07, 6.45) is 2.95. The number of ketones is 1. The Labute approximate surface area is 187 Å². The van der Waals surface area contributed by atoms with E-state index in [0.717, 1.165) is 22.7 Å². The summed E-state index contributed by atoms with van der Waals surface area (Å²) in [5.41, 5.74) is 4.17. The van der Waals surface area contributed by atoms with Gasteiger partial charge in [-0.15, -0.1) is 0 Å². The van der Waals surface area contributed by atoms with Crippen LogP contribution in [0, 0.1) is 19.8 Å². The molecule has 0 aliphatic carbocycles. The number of aromatic nitrogens is 4. The van der Waals surface area contributed by atoms with Gasteiger partial charge in [0.1, 0.15) is 11.4 Å². The summed E-state index contributed by atoms with van der Waals surface area (Å²) < 4.78 is 9.05. The lowest BCUT2D eigenvalue weighted by atomic mass is 9.90. The molecule has 1 saturated heterocycles. The predicted molar refractivity (Wildman–Crippen MR) is 120 cm³/mol. The Morgan fingerprint density at radius 2 is 1.88 bits per heavy atom. The number of likely N-dealkylation sites (tertiary alicyclic amines) is 1. The van der Waals surface area contributed by atoms with Crippen molar-refractivity contribution in [2.75, 3.05) is 20.2 Å². The van der Waals surface area contributed by atoms with Crippen LogP contribution in [0.3, 0.4) is 0 Å². The highest BCUT2D eigenvalue weighted by molar-refractivity contribution is 5.97. The average Bonchev–Trinajstić information content (AvgIpc) is 3.36. The van der Waals surface area contributed by atoms with E-state index >= 15 is 0 Å². The van der Waals surface area contributed by atoms with E-state index in [-0.39, 0.29) is 17.6 Å². The van der Waals surface area contributed by atoms with Gasteiger partial charge in [0, 0.05) is 49.1 Å². The maximum Gasteiger partial charge on any atom is 0.253 e. The number of amides is 1. The zero-order valence-electron chi connectivity index (χ0n) is 19.0. The molecule has 1 amide bonds. The number of piperidine rings is 1. The van der Waals surface area contributed by atoms with Crippen LogP contribution in [0.5, 0.6) is 5.75 Å². The van der Waals surface area contributed by atoms with Crippen molar-refractivity contribution in [1.82, 2.24) is 24.5 Å². The second kappa shape index (κ2) is 8.98. The molecule has 8 nitrogen and oxygen atoms in total. The van der Waals surface area contributed by atoms with Gasteiger partial charge in [-0.3, -0.25) is 19.0 Å². The minimum absolute atomic E-state index is 0.0197. The van der Waals surface area contributed by atoms with Crippen LogP contribution in [0.15, 0.2) is 36.5 Å². The van der Waals surface area contributed by atoms with E-state index in [0.29, 0.717) is 43.7 Å². The number of methoxy groups -OCH3 is 1.